The standard InChI is InChI=1S/C10H11NOS/c12-10(13)11-9-5-7-3-1-2-4-8(7)6-9/h1-4,9H,5-6H2,(H2,11,12,13). The molecule has 0 bridgehead atoms. The van der Waals surface area contributed by atoms with Crippen molar-refractivity contribution in [2.45, 2.75) is 18.9 Å². The zero-order valence-corrected chi connectivity index (χ0v) is 8.05. The van der Waals surface area contributed by atoms with Crippen molar-refractivity contribution in [3.8, 4) is 0 Å². The molecule has 0 unspecified atom stereocenters. The SMILES string of the molecule is O=C(S)NC1Cc2ccccc2C1. The monoisotopic (exact) mass is 193 g/mol. The number of thiol groups is 1. The highest BCUT2D eigenvalue weighted by Gasteiger charge is 2.20. The van der Waals surface area contributed by atoms with Gasteiger partial charge in [-0.25, -0.2) is 0 Å². The fourth-order valence-corrected chi connectivity index (χ4v) is 2.02. The molecule has 0 saturated heterocycles. The van der Waals surface area contributed by atoms with E-state index in [0.717, 1.165) is 12.8 Å². The van der Waals surface area contributed by atoms with E-state index in [2.05, 4.69) is 30.1 Å². The normalized spacial score (nSPS) is 15.5. The molecule has 1 aromatic rings. The van der Waals surface area contributed by atoms with Gasteiger partial charge in [-0.05, 0) is 24.0 Å². The van der Waals surface area contributed by atoms with E-state index < -0.39 is 0 Å². The maximum atomic E-state index is 10.7. The van der Waals surface area contributed by atoms with E-state index in [1.807, 2.05) is 12.1 Å². The molecule has 0 saturated carbocycles. The molecule has 13 heavy (non-hydrogen) atoms. The molecule has 68 valence electrons. The zero-order chi connectivity index (χ0) is 9.26. The van der Waals surface area contributed by atoms with E-state index in [9.17, 15) is 4.79 Å². The fourth-order valence-electron chi connectivity index (χ4n) is 1.84. The predicted octanol–water partition coefficient (Wildman–Crippen LogP) is 1.79. The van der Waals surface area contributed by atoms with Crippen LogP contribution in [0.4, 0.5) is 4.79 Å². The molecule has 0 aliphatic heterocycles. The molecule has 2 rings (SSSR count). The molecule has 0 atom stereocenters. The summed E-state index contributed by atoms with van der Waals surface area (Å²) in [4.78, 5) is 10.7. The number of benzene rings is 1. The van der Waals surface area contributed by atoms with Crippen molar-refractivity contribution < 1.29 is 4.79 Å². The molecule has 2 nitrogen and oxygen atoms in total. The number of hydrogen-bond donors (Lipinski definition) is 2. The van der Waals surface area contributed by atoms with Gasteiger partial charge in [-0.3, -0.25) is 4.79 Å². The lowest BCUT2D eigenvalue weighted by Gasteiger charge is -2.07. The summed E-state index contributed by atoms with van der Waals surface area (Å²) in [6.45, 7) is 0. The minimum atomic E-state index is -0.238. The summed E-state index contributed by atoms with van der Waals surface area (Å²) in [5, 5.41) is 2.58. The summed E-state index contributed by atoms with van der Waals surface area (Å²) >= 11 is 3.70. The van der Waals surface area contributed by atoms with E-state index in [1.54, 1.807) is 0 Å². The average Bonchev–Trinajstić information content (AvgIpc) is 2.44. The first kappa shape index (κ1) is 8.63. The number of fused-ring (bicyclic) bond motifs is 1. The Labute approximate surface area is 82.8 Å². The van der Waals surface area contributed by atoms with Gasteiger partial charge >= 0.3 is 0 Å². The highest BCUT2D eigenvalue weighted by Crippen LogP contribution is 2.21. The second-order valence-corrected chi connectivity index (χ2v) is 3.73. The van der Waals surface area contributed by atoms with Gasteiger partial charge in [0.25, 0.3) is 5.24 Å². The van der Waals surface area contributed by atoms with Crippen LogP contribution in [0.5, 0.6) is 0 Å². The third kappa shape index (κ3) is 1.86. The number of amides is 1. The van der Waals surface area contributed by atoms with Crippen molar-refractivity contribution in [2.24, 2.45) is 0 Å². The Morgan fingerprint density at radius 2 is 1.85 bits per heavy atom. The van der Waals surface area contributed by atoms with Crippen molar-refractivity contribution in [3.05, 3.63) is 35.4 Å². The average molecular weight is 193 g/mol. The second kappa shape index (κ2) is 3.42. The van der Waals surface area contributed by atoms with Gasteiger partial charge in [0.05, 0.1) is 0 Å². The molecule has 0 fully saturated rings. The van der Waals surface area contributed by atoms with Crippen LogP contribution in [0.25, 0.3) is 0 Å². The van der Waals surface area contributed by atoms with Crippen LogP contribution < -0.4 is 5.32 Å². The Bertz CT molecular complexity index is 312. The Morgan fingerprint density at radius 3 is 2.31 bits per heavy atom. The molecular formula is C10H11NOS. The van der Waals surface area contributed by atoms with Crippen molar-refractivity contribution in [1.82, 2.24) is 5.32 Å². The first-order chi connectivity index (χ1) is 6.25. The molecule has 0 radical (unpaired) electrons. The summed E-state index contributed by atoms with van der Waals surface area (Å²) in [5.74, 6) is 0. The predicted molar refractivity (Wildman–Crippen MR) is 55.2 cm³/mol. The lowest BCUT2D eigenvalue weighted by Crippen LogP contribution is -2.31. The number of rotatable bonds is 1. The smallest absolute Gasteiger partial charge is 0.276 e. The Hall–Kier alpha value is -0.960. The van der Waals surface area contributed by atoms with E-state index in [-0.39, 0.29) is 11.3 Å². The van der Waals surface area contributed by atoms with Gasteiger partial charge in [0.2, 0.25) is 0 Å². The maximum absolute atomic E-state index is 10.7. The van der Waals surface area contributed by atoms with E-state index in [0.29, 0.717) is 0 Å². The molecule has 1 aromatic carbocycles. The van der Waals surface area contributed by atoms with Gasteiger partial charge in [-0.1, -0.05) is 36.9 Å². The van der Waals surface area contributed by atoms with E-state index in [1.165, 1.54) is 11.1 Å². The van der Waals surface area contributed by atoms with Crippen LogP contribution in [-0.2, 0) is 12.8 Å². The quantitative estimate of drug-likeness (QED) is 0.654. The lowest BCUT2D eigenvalue weighted by molar-refractivity contribution is 0.258. The first-order valence-electron chi connectivity index (χ1n) is 4.32. The number of nitrogens with one attached hydrogen (secondary N) is 1. The van der Waals surface area contributed by atoms with Crippen molar-refractivity contribution >= 4 is 17.9 Å². The summed E-state index contributed by atoms with van der Waals surface area (Å²) in [6.07, 6.45) is 1.87. The van der Waals surface area contributed by atoms with Gasteiger partial charge in [-0.2, -0.15) is 0 Å². The van der Waals surface area contributed by atoms with Crippen LogP contribution in [0.1, 0.15) is 11.1 Å². The topological polar surface area (TPSA) is 29.1 Å². The Kier molecular flexibility index (Phi) is 2.27. The zero-order valence-electron chi connectivity index (χ0n) is 7.16. The third-order valence-corrected chi connectivity index (χ3v) is 2.51. The Morgan fingerprint density at radius 1 is 1.31 bits per heavy atom. The first-order valence-corrected chi connectivity index (χ1v) is 4.76. The molecular weight excluding hydrogens is 182 g/mol. The van der Waals surface area contributed by atoms with Crippen molar-refractivity contribution in [1.29, 1.82) is 0 Å². The molecule has 1 N–H and O–H groups in total. The van der Waals surface area contributed by atoms with Gasteiger partial charge in [0.1, 0.15) is 0 Å². The van der Waals surface area contributed by atoms with Gasteiger partial charge < -0.3 is 5.32 Å². The fraction of sp³-hybridized carbons (Fsp3) is 0.300. The maximum Gasteiger partial charge on any atom is 0.276 e. The van der Waals surface area contributed by atoms with Gasteiger partial charge in [0, 0.05) is 6.04 Å². The summed E-state index contributed by atoms with van der Waals surface area (Å²) in [6, 6.07) is 8.52. The van der Waals surface area contributed by atoms with Crippen LogP contribution in [0.15, 0.2) is 24.3 Å². The number of carbonyl (C=O) groups is 1. The van der Waals surface area contributed by atoms with Gasteiger partial charge in [0.15, 0.2) is 0 Å². The molecule has 1 aliphatic rings. The summed E-state index contributed by atoms with van der Waals surface area (Å²) in [5.41, 5.74) is 2.68. The van der Waals surface area contributed by atoms with Crippen LogP contribution >= 0.6 is 12.6 Å². The summed E-state index contributed by atoms with van der Waals surface area (Å²) in [7, 11) is 0. The molecule has 1 amide bonds. The third-order valence-electron chi connectivity index (χ3n) is 2.38. The van der Waals surface area contributed by atoms with Crippen LogP contribution in [0.3, 0.4) is 0 Å². The van der Waals surface area contributed by atoms with Crippen LogP contribution in [0.2, 0.25) is 0 Å². The van der Waals surface area contributed by atoms with E-state index in [4.69, 9.17) is 0 Å². The highest BCUT2D eigenvalue weighted by atomic mass is 32.1. The lowest BCUT2D eigenvalue weighted by atomic mass is 10.1. The minimum absolute atomic E-state index is 0.238. The van der Waals surface area contributed by atoms with Crippen LogP contribution in [0, 0.1) is 0 Å². The van der Waals surface area contributed by atoms with E-state index >= 15 is 0 Å². The van der Waals surface area contributed by atoms with Gasteiger partial charge in [-0.15, -0.1) is 0 Å². The molecule has 0 aromatic heterocycles. The van der Waals surface area contributed by atoms with Crippen LogP contribution in [-0.4, -0.2) is 11.3 Å². The molecule has 0 heterocycles. The Balaban J connectivity index is 2.09. The van der Waals surface area contributed by atoms with Crippen molar-refractivity contribution in [2.75, 3.05) is 0 Å². The molecule has 0 spiro atoms. The summed E-state index contributed by atoms with van der Waals surface area (Å²) < 4.78 is 0. The number of hydrogen-bond acceptors (Lipinski definition) is 1. The molecule has 3 heteroatoms. The minimum Gasteiger partial charge on any atom is -0.344 e. The second-order valence-electron chi connectivity index (χ2n) is 3.32. The molecule has 1 aliphatic carbocycles. The number of carbonyl (C=O) groups excluding carboxylic acids is 1. The largest absolute Gasteiger partial charge is 0.344 e. The highest BCUT2D eigenvalue weighted by molar-refractivity contribution is 7.96. The van der Waals surface area contributed by atoms with Crippen molar-refractivity contribution in [3.63, 3.8) is 0 Å².